The SMILES string of the molecule is CC12CC3CC(C)(C1)CC(NCc1ccccc1Br)(C3)C2. The Morgan fingerprint density at radius 3 is 2.33 bits per heavy atom. The molecule has 0 aliphatic heterocycles. The second kappa shape index (κ2) is 4.58. The Kier molecular flexibility index (Phi) is 3.11. The minimum Gasteiger partial charge on any atom is -0.307 e. The van der Waals surface area contributed by atoms with E-state index in [-0.39, 0.29) is 0 Å². The number of rotatable bonds is 3. The van der Waals surface area contributed by atoms with Gasteiger partial charge in [-0.2, -0.15) is 0 Å². The molecule has 4 saturated carbocycles. The van der Waals surface area contributed by atoms with Gasteiger partial charge in [-0.15, -0.1) is 0 Å². The molecule has 0 radical (unpaired) electrons. The molecule has 21 heavy (non-hydrogen) atoms. The van der Waals surface area contributed by atoms with Crippen LogP contribution in [-0.2, 0) is 6.54 Å². The van der Waals surface area contributed by atoms with Gasteiger partial charge in [0.05, 0.1) is 0 Å². The van der Waals surface area contributed by atoms with Gasteiger partial charge < -0.3 is 5.32 Å². The lowest BCUT2D eigenvalue weighted by Gasteiger charge is -2.65. The average molecular weight is 348 g/mol. The molecule has 4 aliphatic carbocycles. The molecular weight excluding hydrogens is 322 g/mol. The predicted molar refractivity (Wildman–Crippen MR) is 91.1 cm³/mol. The molecule has 4 aliphatic rings. The number of halogens is 1. The van der Waals surface area contributed by atoms with Crippen LogP contribution in [0.15, 0.2) is 28.7 Å². The van der Waals surface area contributed by atoms with Crippen LogP contribution in [0.3, 0.4) is 0 Å². The molecule has 0 spiro atoms. The summed E-state index contributed by atoms with van der Waals surface area (Å²) in [6.07, 6.45) is 8.58. The predicted octanol–water partition coefficient (Wildman–Crippen LogP) is 5.29. The van der Waals surface area contributed by atoms with Gasteiger partial charge in [0.25, 0.3) is 0 Å². The largest absolute Gasteiger partial charge is 0.307 e. The minimum absolute atomic E-state index is 0.401. The van der Waals surface area contributed by atoms with Crippen molar-refractivity contribution in [2.24, 2.45) is 16.7 Å². The standard InChI is InChI=1S/C19H26BrN/c1-17-7-14-8-18(2,11-17)13-19(9-14,12-17)21-10-15-5-3-4-6-16(15)20/h3-6,14,21H,7-13H2,1-2H3. The van der Waals surface area contributed by atoms with Gasteiger partial charge in [0, 0.05) is 16.6 Å². The molecule has 4 fully saturated rings. The molecule has 2 atom stereocenters. The summed E-state index contributed by atoms with van der Waals surface area (Å²) in [6.45, 7) is 6.09. The van der Waals surface area contributed by atoms with Gasteiger partial charge in [-0.1, -0.05) is 48.0 Å². The van der Waals surface area contributed by atoms with E-state index in [2.05, 4.69) is 59.4 Å². The molecule has 2 unspecified atom stereocenters. The summed E-state index contributed by atoms with van der Waals surface area (Å²) in [4.78, 5) is 0. The number of benzene rings is 1. The van der Waals surface area contributed by atoms with Crippen molar-refractivity contribution >= 4 is 15.9 Å². The Balaban J connectivity index is 1.56. The van der Waals surface area contributed by atoms with E-state index in [1.54, 1.807) is 0 Å². The first-order valence-corrected chi connectivity index (χ1v) is 9.17. The molecule has 1 N–H and O–H groups in total. The Bertz CT molecular complexity index is 548. The van der Waals surface area contributed by atoms with Crippen LogP contribution in [0.4, 0.5) is 0 Å². The highest BCUT2D eigenvalue weighted by Gasteiger charge is 2.59. The summed E-state index contributed by atoms with van der Waals surface area (Å²) in [5, 5.41) is 4.00. The highest BCUT2D eigenvalue weighted by molar-refractivity contribution is 9.10. The fraction of sp³-hybridized carbons (Fsp3) is 0.684. The zero-order valence-corrected chi connectivity index (χ0v) is 14.8. The van der Waals surface area contributed by atoms with Crippen LogP contribution in [0.2, 0.25) is 0 Å². The van der Waals surface area contributed by atoms with E-state index in [1.165, 1.54) is 48.6 Å². The van der Waals surface area contributed by atoms with Gasteiger partial charge in [-0.3, -0.25) is 0 Å². The van der Waals surface area contributed by atoms with Crippen LogP contribution in [0, 0.1) is 16.7 Å². The summed E-state index contributed by atoms with van der Waals surface area (Å²) in [7, 11) is 0. The monoisotopic (exact) mass is 347 g/mol. The summed E-state index contributed by atoms with van der Waals surface area (Å²) >= 11 is 3.69. The quantitative estimate of drug-likeness (QED) is 0.783. The van der Waals surface area contributed by atoms with E-state index in [1.807, 2.05) is 0 Å². The zero-order chi connectivity index (χ0) is 14.7. The van der Waals surface area contributed by atoms with E-state index in [9.17, 15) is 0 Å². The molecule has 1 nitrogen and oxygen atoms in total. The maximum atomic E-state index is 4.00. The molecule has 1 aromatic rings. The molecule has 114 valence electrons. The topological polar surface area (TPSA) is 12.0 Å². The fourth-order valence-electron chi connectivity index (χ4n) is 6.57. The van der Waals surface area contributed by atoms with Crippen molar-refractivity contribution in [1.29, 1.82) is 0 Å². The smallest absolute Gasteiger partial charge is 0.0221 e. The van der Waals surface area contributed by atoms with Crippen LogP contribution < -0.4 is 5.32 Å². The van der Waals surface area contributed by atoms with Crippen molar-refractivity contribution in [2.45, 2.75) is 64.5 Å². The van der Waals surface area contributed by atoms with Crippen LogP contribution >= 0.6 is 15.9 Å². The van der Waals surface area contributed by atoms with Crippen molar-refractivity contribution in [3.63, 3.8) is 0 Å². The Morgan fingerprint density at radius 2 is 1.71 bits per heavy atom. The van der Waals surface area contributed by atoms with Crippen molar-refractivity contribution in [3.8, 4) is 0 Å². The third-order valence-corrected chi connectivity index (χ3v) is 7.01. The van der Waals surface area contributed by atoms with Gasteiger partial charge >= 0.3 is 0 Å². The zero-order valence-electron chi connectivity index (χ0n) is 13.2. The molecule has 4 bridgehead atoms. The summed E-state index contributed by atoms with van der Waals surface area (Å²) in [5.74, 6) is 0.961. The average Bonchev–Trinajstić information content (AvgIpc) is 2.33. The van der Waals surface area contributed by atoms with E-state index in [0.717, 1.165) is 12.5 Å². The first-order valence-electron chi connectivity index (χ1n) is 8.38. The number of nitrogens with one attached hydrogen (secondary N) is 1. The Labute approximate surface area is 137 Å². The number of hydrogen-bond acceptors (Lipinski definition) is 1. The lowest BCUT2D eigenvalue weighted by molar-refractivity contribution is -0.118. The van der Waals surface area contributed by atoms with Crippen molar-refractivity contribution in [3.05, 3.63) is 34.3 Å². The van der Waals surface area contributed by atoms with Gasteiger partial charge in [0.2, 0.25) is 0 Å². The normalized spacial score (nSPS) is 44.2. The molecule has 0 saturated heterocycles. The lowest BCUT2D eigenvalue weighted by atomic mass is 9.43. The second-order valence-electron chi connectivity index (χ2n) is 8.86. The number of hydrogen-bond donors (Lipinski definition) is 1. The molecular formula is C19H26BrN. The Morgan fingerprint density at radius 1 is 1.05 bits per heavy atom. The fourth-order valence-corrected chi connectivity index (χ4v) is 6.99. The minimum atomic E-state index is 0.401. The van der Waals surface area contributed by atoms with Crippen LogP contribution in [0.25, 0.3) is 0 Å². The van der Waals surface area contributed by atoms with Crippen molar-refractivity contribution < 1.29 is 0 Å². The van der Waals surface area contributed by atoms with Gasteiger partial charge in [0.1, 0.15) is 0 Å². The van der Waals surface area contributed by atoms with Crippen LogP contribution in [0.1, 0.15) is 57.9 Å². The lowest BCUT2D eigenvalue weighted by Crippen LogP contribution is -2.63. The molecule has 0 heterocycles. The molecule has 0 amide bonds. The highest BCUT2D eigenvalue weighted by Crippen LogP contribution is 2.66. The Hall–Kier alpha value is -0.340. The van der Waals surface area contributed by atoms with Gasteiger partial charge in [-0.25, -0.2) is 0 Å². The summed E-state index contributed by atoms with van der Waals surface area (Å²) in [5.41, 5.74) is 2.98. The van der Waals surface area contributed by atoms with Crippen molar-refractivity contribution in [1.82, 2.24) is 5.32 Å². The van der Waals surface area contributed by atoms with Crippen LogP contribution in [-0.4, -0.2) is 5.54 Å². The highest BCUT2D eigenvalue weighted by atomic mass is 79.9. The van der Waals surface area contributed by atoms with Crippen LogP contribution in [0.5, 0.6) is 0 Å². The molecule has 5 rings (SSSR count). The third-order valence-electron chi connectivity index (χ3n) is 6.24. The third kappa shape index (κ3) is 2.49. The van der Waals surface area contributed by atoms with E-state index >= 15 is 0 Å². The molecule has 2 heteroatoms. The maximum Gasteiger partial charge on any atom is 0.0221 e. The summed E-state index contributed by atoms with van der Waals surface area (Å²) in [6, 6.07) is 8.63. The summed E-state index contributed by atoms with van der Waals surface area (Å²) < 4.78 is 1.24. The van der Waals surface area contributed by atoms with Crippen molar-refractivity contribution in [2.75, 3.05) is 0 Å². The maximum absolute atomic E-state index is 4.00. The first kappa shape index (κ1) is 14.3. The molecule has 1 aromatic carbocycles. The van der Waals surface area contributed by atoms with E-state index in [4.69, 9.17) is 0 Å². The second-order valence-corrected chi connectivity index (χ2v) is 9.71. The van der Waals surface area contributed by atoms with Gasteiger partial charge in [0.15, 0.2) is 0 Å². The van der Waals surface area contributed by atoms with Gasteiger partial charge in [-0.05, 0) is 66.9 Å². The molecule has 0 aromatic heterocycles. The van der Waals surface area contributed by atoms with E-state index in [0.29, 0.717) is 16.4 Å². The first-order chi connectivity index (χ1) is 9.90. The van der Waals surface area contributed by atoms with E-state index < -0.39 is 0 Å².